The molecular formula is C19H19Cl2N3O2S. The molecule has 0 atom stereocenters. The van der Waals surface area contributed by atoms with Crippen LogP contribution in [0.3, 0.4) is 0 Å². The molecule has 5 nitrogen and oxygen atoms in total. The Morgan fingerprint density at radius 1 is 1.15 bits per heavy atom. The van der Waals surface area contributed by atoms with Crippen molar-refractivity contribution >= 4 is 38.7 Å². The minimum Gasteiger partial charge on any atom is -0.326 e. The number of hydrogen-bond donors (Lipinski definition) is 1. The van der Waals surface area contributed by atoms with E-state index >= 15 is 0 Å². The number of benzene rings is 1. The average Bonchev–Trinajstić information content (AvgIpc) is 3.03. The highest BCUT2D eigenvalue weighted by Gasteiger charge is 2.27. The zero-order valence-corrected chi connectivity index (χ0v) is 16.9. The molecule has 3 heterocycles. The van der Waals surface area contributed by atoms with Gasteiger partial charge < -0.3 is 10.1 Å². The topological polar surface area (TPSA) is 77.5 Å². The maximum Gasteiger partial charge on any atom is 0.150 e. The lowest BCUT2D eigenvalue weighted by atomic mass is 9.98. The predicted molar refractivity (Wildman–Crippen MR) is 109 cm³/mol. The van der Waals surface area contributed by atoms with Crippen molar-refractivity contribution < 1.29 is 8.42 Å². The summed E-state index contributed by atoms with van der Waals surface area (Å²) in [6.07, 6.45) is 5.07. The molecule has 0 saturated carbocycles. The van der Waals surface area contributed by atoms with Crippen molar-refractivity contribution in [3.63, 3.8) is 0 Å². The third-order valence-corrected chi connectivity index (χ3v) is 7.44. The molecule has 0 unspecified atom stereocenters. The van der Waals surface area contributed by atoms with Crippen LogP contribution in [0.2, 0.25) is 10.0 Å². The van der Waals surface area contributed by atoms with Crippen molar-refractivity contribution in [1.82, 2.24) is 9.38 Å². The average molecular weight is 424 g/mol. The van der Waals surface area contributed by atoms with E-state index < -0.39 is 9.84 Å². The maximum absolute atomic E-state index is 11.8. The van der Waals surface area contributed by atoms with Crippen LogP contribution in [0.4, 0.5) is 0 Å². The van der Waals surface area contributed by atoms with Gasteiger partial charge in [-0.3, -0.25) is 0 Å². The summed E-state index contributed by atoms with van der Waals surface area (Å²) in [7, 11) is -2.91. The molecule has 8 heteroatoms. The molecule has 1 aliphatic heterocycles. The lowest BCUT2D eigenvalue weighted by Crippen LogP contribution is -2.22. The highest BCUT2D eigenvalue weighted by atomic mass is 35.5. The fourth-order valence-corrected chi connectivity index (χ4v) is 5.69. The highest BCUT2D eigenvalue weighted by Crippen LogP contribution is 2.35. The van der Waals surface area contributed by atoms with Gasteiger partial charge in [0, 0.05) is 51.7 Å². The monoisotopic (exact) mass is 423 g/mol. The Labute approximate surface area is 168 Å². The summed E-state index contributed by atoms with van der Waals surface area (Å²) in [4.78, 5) is 4.51. The molecule has 1 saturated heterocycles. The molecule has 4 rings (SSSR count). The van der Waals surface area contributed by atoms with Gasteiger partial charge in [0.2, 0.25) is 0 Å². The third-order valence-electron chi connectivity index (χ3n) is 5.18. The highest BCUT2D eigenvalue weighted by molar-refractivity contribution is 7.91. The Bertz CT molecular complexity index is 1110. The smallest absolute Gasteiger partial charge is 0.150 e. The second-order valence-corrected chi connectivity index (χ2v) is 10.0. The first-order valence-corrected chi connectivity index (χ1v) is 11.3. The van der Waals surface area contributed by atoms with Crippen LogP contribution in [0, 0.1) is 0 Å². The van der Waals surface area contributed by atoms with Gasteiger partial charge in [0.15, 0.2) is 0 Å². The van der Waals surface area contributed by atoms with Crippen molar-refractivity contribution in [3.05, 3.63) is 58.0 Å². The summed E-state index contributed by atoms with van der Waals surface area (Å²) in [5, 5.41) is 1.13. The fourth-order valence-electron chi connectivity index (χ4n) is 3.69. The SMILES string of the molecule is NCc1cc2ncc(C3CCS(=O)(=O)CC3)n2cc1-c1ccc(Cl)cc1Cl. The summed E-state index contributed by atoms with van der Waals surface area (Å²) in [6, 6.07) is 7.36. The van der Waals surface area contributed by atoms with Crippen LogP contribution in [0.1, 0.15) is 30.0 Å². The number of nitrogens with zero attached hydrogens (tertiary/aromatic N) is 2. The Morgan fingerprint density at radius 3 is 2.56 bits per heavy atom. The van der Waals surface area contributed by atoms with Gasteiger partial charge in [-0.15, -0.1) is 0 Å². The van der Waals surface area contributed by atoms with E-state index in [1.807, 2.05) is 28.9 Å². The van der Waals surface area contributed by atoms with E-state index in [-0.39, 0.29) is 17.4 Å². The van der Waals surface area contributed by atoms with E-state index in [1.165, 1.54) is 0 Å². The number of sulfone groups is 1. The first kappa shape index (κ1) is 18.7. The minimum atomic E-state index is -2.91. The molecule has 3 aromatic rings. The van der Waals surface area contributed by atoms with E-state index in [4.69, 9.17) is 28.9 Å². The van der Waals surface area contributed by atoms with Crippen LogP contribution in [0.15, 0.2) is 36.7 Å². The predicted octanol–water partition coefficient (Wildman–Crippen LogP) is 4.06. The van der Waals surface area contributed by atoms with E-state index in [0.29, 0.717) is 29.4 Å². The molecule has 0 spiro atoms. The van der Waals surface area contributed by atoms with E-state index in [1.54, 1.807) is 12.1 Å². The van der Waals surface area contributed by atoms with Crippen molar-refractivity contribution in [1.29, 1.82) is 0 Å². The fraction of sp³-hybridized carbons (Fsp3) is 0.316. The van der Waals surface area contributed by atoms with Crippen LogP contribution in [-0.2, 0) is 16.4 Å². The van der Waals surface area contributed by atoms with Crippen LogP contribution < -0.4 is 5.73 Å². The molecule has 142 valence electrons. The molecule has 1 fully saturated rings. The van der Waals surface area contributed by atoms with Gasteiger partial charge in [0.05, 0.1) is 11.5 Å². The largest absolute Gasteiger partial charge is 0.326 e. The molecule has 27 heavy (non-hydrogen) atoms. The van der Waals surface area contributed by atoms with Gasteiger partial charge in [-0.2, -0.15) is 0 Å². The number of fused-ring (bicyclic) bond motifs is 1. The van der Waals surface area contributed by atoms with Gasteiger partial charge in [0.1, 0.15) is 15.5 Å². The Morgan fingerprint density at radius 2 is 1.89 bits per heavy atom. The molecule has 1 aliphatic rings. The number of rotatable bonds is 3. The van der Waals surface area contributed by atoms with Gasteiger partial charge in [-0.1, -0.05) is 29.3 Å². The van der Waals surface area contributed by atoms with Crippen molar-refractivity contribution in [2.75, 3.05) is 11.5 Å². The number of imidazole rings is 1. The molecular weight excluding hydrogens is 405 g/mol. The number of hydrogen-bond acceptors (Lipinski definition) is 4. The molecule has 0 radical (unpaired) electrons. The summed E-state index contributed by atoms with van der Waals surface area (Å²) in [5.74, 6) is 0.615. The summed E-state index contributed by atoms with van der Waals surface area (Å²) in [6.45, 7) is 0.356. The molecule has 1 aromatic carbocycles. The molecule has 0 amide bonds. The number of halogens is 2. The Hall–Kier alpha value is -1.60. The minimum absolute atomic E-state index is 0.167. The quantitative estimate of drug-likeness (QED) is 0.688. The third kappa shape index (κ3) is 3.59. The number of nitrogens with two attached hydrogens (primary N) is 1. The summed E-state index contributed by atoms with van der Waals surface area (Å²) >= 11 is 12.5. The normalized spacial score (nSPS) is 17.4. The maximum atomic E-state index is 11.8. The molecule has 0 bridgehead atoms. The van der Waals surface area contributed by atoms with Gasteiger partial charge in [0.25, 0.3) is 0 Å². The summed E-state index contributed by atoms with van der Waals surface area (Å²) in [5.41, 5.74) is 10.5. The molecule has 2 N–H and O–H groups in total. The lowest BCUT2D eigenvalue weighted by Gasteiger charge is -2.22. The lowest BCUT2D eigenvalue weighted by molar-refractivity contribution is 0.543. The van der Waals surface area contributed by atoms with Crippen LogP contribution >= 0.6 is 23.2 Å². The summed E-state index contributed by atoms with van der Waals surface area (Å²) < 4.78 is 25.5. The molecule has 2 aromatic heterocycles. The Balaban J connectivity index is 1.83. The number of aromatic nitrogens is 2. The zero-order chi connectivity index (χ0) is 19.2. The van der Waals surface area contributed by atoms with E-state index in [0.717, 1.165) is 28.0 Å². The van der Waals surface area contributed by atoms with Crippen LogP contribution in [-0.4, -0.2) is 29.3 Å². The zero-order valence-electron chi connectivity index (χ0n) is 14.5. The van der Waals surface area contributed by atoms with E-state index in [9.17, 15) is 8.42 Å². The van der Waals surface area contributed by atoms with E-state index in [2.05, 4.69) is 4.98 Å². The van der Waals surface area contributed by atoms with Crippen LogP contribution in [0.25, 0.3) is 16.8 Å². The second-order valence-electron chi connectivity index (χ2n) is 6.88. The first-order chi connectivity index (χ1) is 12.9. The van der Waals surface area contributed by atoms with Gasteiger partial charge >= 0.3 is 0 Å². The van der Waals surface area contributed by atoms with Crippen molar-refractivity contribution in [3.8, 4) is 11.1 Å². The Kier molecular flexibility index (Phi) is 4.93. The van der Waals surface area contributed by atoms with Crippen molar-refractivity contribution in [2.24, 2.45) is 5.73 Å². The van der Waals surface area contributed by atoms with Gasteiger partial charge in [-0.25, -0.2) is 13.4 Å². The first-order valence-electron chi connectivity index (χ1n) is 8.74. The standard InChI is InChI=1S/C19H19Cl2N3O2S/c20-14-1-2-15(17(21)8-14)16-11-24-18(10-23-19(24)7-13(16)9-22)12-3-5-27(25,26)6-4-12/h1-2,7-8,10-12H,3-6,9,22H2. The van der Waals surface area contributed by atoms with Crippen LogP contribution in [0.5, 0.6) is 0 Å². The second kappa shape index (κ2) is 7.09. The molecule has 0 aliphatic carbocycles. The number of pyridine rings is 1. The van der Waals surface area contributed by atoms with Gasteiger partial charge in [-0.05, 0) is 36.6 Å². The van der Waals surface area contributed by atoms with Crippen molar-refractivity contribution in [2.45, 2.75) is 25.3 Å².